The van der Waals surface area contributed by atoms with E-state index in [1.165, 1.54) is 17.7 Å². The number of hydrogen-bond acceptors (Lipinski definition) is 5. The quantitative estimate of drug-likeness (QED) is 0.843. The van der Waals surface area contributed by atoms with Crippen molar-refractivity contribution in [2.45, 2.75) is 36.0 Å². The third-order valence-corrected chi connectivity index (χ3v) is 4.81. The van der Waals surface area contributed by atoms with Crippen LogP contribution in [0, 0.1) is 0 Å². The molecule has 2 aromatic rings. The summed E-state index contributed by atoms with van der Waals surface area (Å²) in [5.74, 6) is 2.23. The summed E-state index contributed by atoms with van der Waals surface area (Å²) in [6, 6.07) is 8.48. The van der Waals surface area contributed by atoms with Crippen molar-refractivity contribution in [3.63, 3.8) is 0 Å². The standard InChI is InChI=1S/C14H16BrN3OS/c15-10-4-6-11(7-5-10)20-9-13-17-14(19-18-13)12-3-1-2-8-16-12/h4-7,12,16H,1-3,8-9H2/t12-/m0/s1. The normalized spacial score (nSPS) is 19.1. The predicted molar refractivity (Wildman–Crippen MR) is 82.6 cm³/mol. The number of aromatic nitrogens is 2. The van der Waals surface area contributed by atoms with Gasteiger partial charge in [-0.25, -0.2) is 0 Å². The Morgan fingerprint density at radius 1 is 1.30 bits per heavy atom. The molecule has 1 aromatic heterocycles. The molecule has 0 bridgehead atoms. The Hall–Kier alpha value is -0.850. The van der Waals surface area contributed by atoms with Gasteiger partial charge in [0.25, 0.3) is 0 Å². The molecule has 1 atom stereocenters. The summed E-state index contributed by atoms with van der Waals surface area (Å²) in [5.41, 5.74) is 0. The number of nitrogens with zero attached hydrogens (tertiary/aromatic N) is 2. The molecule has 20 heavy (non-hydrogen) atoms. The van der Waals surface area contributed by atoms with Crippen LogP contribution in [0.4, 0.5) is 0 Å². The average Bonchev–Trinajstić information content (AvgIpc) is 2.97. The van der Waals surface area contributed by atoms with Crippen LogP contribution in [0.3, 0.4) is 0 Å². The first kappa shape index (κ1) is 14.1. The van der Waals surface area contributed by atoms with Gasteiger partial charge in [0.1, 0.15) is 0 Å². The second-order valence-electron chi connectivity index (χ2n) is 4.79. The lowest BCUT2D eigenvalue weighted by Crippen LogP contribution is -2.26. The highest BCUT2D eigenvalue weighted by Crippen LogP contribution is 2.25. The summed E-state index contributed by atoms with van der Waals surface area (Å²) >= 11 is 5.15. The van der Waals surface area contributed by atoms with Gasteiger partial charge in [-0.2, -0.15) is 4.98 Å². The van der Waals surface area contributed by atoms with Crippen molar-refractivity contribution in [1.82, 2.24) is 15.5 Å². The van der Waals surface area contributed by atoms with Gasteiger partial charge < -0.3 is 9.84 Å². The van der Waals surface area contributed by atoms with Crippen molar-refractivity contribution < 1.29 is 4.52 Å². The lowest BCUT2D eigenvalue weighted by Gasteiger charge is -2.19. The minimum absolute atomic E-state index is 0.239. The number of rotatable bonds is 4. The third kappa shape index (κ3) is 3.62. The van der Waals surface area contributed by atoms with Crippen LogP contribution >= 0.6 is 27.7 Å². The van der Waals surface area contributed by atoms with Gasteiger partial charge in [0.05, 0.1) is 11.8 Å². The minimum Gasteiger partial charge on any atom is -0.338 e. The van der Waals surface area contributed by atoms with E-state index in [1.807, 2.05) is 12.1 Å². The van der Waals surface area contributed by atoms with Crippen LogP contribution in [0.25, 0.3) is 0 Å². The van der Waals surface area contributed by atoms with Crippen molar-refractivity contribution in [3.05, 3.63) is 40.5 Å². The molecule has 0 saturated carbocycles. The van der Waals surface area contributed by atoms with Crippen LogP contribution in [0.2, 0.25) is 0 Å². The maximum Gasteiger partial charge on any atom is 0.243 e. The summed E-state index contributed by atoms with van der Waals surface area (Å²) in [4.78, 5) is 5.70. The lowest BCUT2D eigenvalue weighted by molar-refractivity contribution is 0.296. The zero-order valence-electron chi connectivity index (χ0n) is 11.0. The molecule has 0 aliphatic carbocycles. The fraction of sp³-hybridized carbons (Fsp3) is 0.429. The van der Waals surface area contributed by atoms with Crippen LogP contribution in [-0.2, 0) is 5.75 Å². The van der Waals surface area contributed by atoms with E-state index >= 15 is 0 Å². The van der Waals surface area contributed by atoms with Crippen LogP contribution < -0.4 is 5.32 Å². The fourth-order valence-corrected chi connectivity index (χ4v) is 3.21. The molecule has 1 N–H and O–H groups in total. The van der Waals surface area contributed by atoms with Gasteiger partial charge in [-0.1, -0.05) is 27.5 Å². The molecule has 1 fully saturated rings. The zero-order chi connectivity index (χ0) is 13.8. The molecule has 1 saturated heterocycles. The summed E-state index contributed by atoms with van der Waals surface area (Å²) in [7, 11) is 0. The number of hydrogen-bond donors (Lipinski definition) is 1. The van der Waals surface area contributed by atoms with Crippen molar-refractivity contribution in [3.8, 4) is 0 Å². The second kappa shape index (κ2) is 6.74. The first-order valence-electron chi connectivity index (χ1n) is 6.75. The minimum atomic E-state index is 0.239. The van der Waals surface area contributed by atoms with Gasteiger partial charge in [-0.15, -0.1) is 11.8 Å². The van der Waals surface area contributed by atoms with Gasteiger partial charge in [0, 0.05) is 9.37 Å². The number of piperidine rings is 1. The summed E-state index contributed by atoms with van der Waals surface area (Å²) in [6.45, 7) is 1.04. The highest BCUT2D eigenvalue weighted by molar-refractivity contribution is 9.10. The van der Waals surface area contributed by atoms with E-state index in [1.54, 1.807) is 11.8 Å². The van der Waals surface area contributed by atoms with Crippen LogP contribution in [0.1, 0.15) is 37.0 Å². The zero-order valence-corrected chi connectivity index (χ0v) is 13.4. The van der Waals surface area contributed by atoms with E-state index in [2.05, 4.69) is 43.5 Å². The summed E-state index contributed by atoms with van der Waals surface area (Å²) in [5, 5.41) is 7.49. The number of thioether (sulfide) groups is 1. The SMILES string of the molecule is Brc1ccc(SCc2noc([C@@H]3CCCCN3)n2)cc1. The van der Waals surface area contributed by atoms with E-state index in [0.29, 0.717) is 0 Å². The Balaban J connectivity index is 1.58. The molecule has 1 aromatic carbocycles. The molecule has 6 heteroatoms. The monoisotopic (exact) mass is 353 g/mol. The molecule has 3 rings (SSSR count). The van der Waals surface area contributed by atoms with Crippen LogP contribution in [0.15, 0.2) is 38.2 Å². The summed E-state index contributed by atoms with van der Waals surface area (Å²) in [6.07, 6.45) is 3.54. The van der Waals surface area contributed by atoms with E-state index in [9.17, 15) is 0 Å². The number of benzene rings is 1. The largest absolute Gasteiger partial charge is 0.338 e. The lowest BCUT2D eigenvalue weighted by atomic mass is 10.1. The Bertz CT molecular complexity index is 552. The molecular weight excluding hydrogens is 338 g/mol. The van der Waals surface area contributed by atoms with Crippen molar-refractivity contribution in [2.75, 3.05) is 6.54 Å². The van der Waals surface area contributed by atoms with Gasteiger partial charge in [-0.05, 0) is 43.7 Å². The maximum absolute atomic E-state index is 5.37. The Labute approximate surface area is 130 Å². The number of halogens is 1. The molecule has 0 radical (unpaired) electrons. The smallest absolute Gasteiger partial charge is 0.243 e. The first-order valence-corrected chi connectivity index (χ1v) is 8.53. The van der Waals surface area contributed by atoms with Crippen molar-refractivity contribution >= 4 is 27.7 Å². The molecule has 0 spiro atoms. The molecule has 0 amide bonds. The van der Waals surface area contributed by atoms with Crippen LogP contribution in [-0.4, -0.2) is 16.7 Å². The Morgan fingerprint density at radius 3 is 2.90 bits per heavy atom. The molecule has 1 aliphatic rings. The van der Waals surface area contributed by atoms with E-state index in [0.717, 1.165) is 34.9 Å². The molecule has 0 unspecified atom stereocenters. The second-order valence-corrected chi connectivity index (χ2v) is 6.76. The molecule has 106 valence electrons. The molecular formula is C14H16BrN3OS. The van der Waals surface area contributed by atoms with E-state index in [4.69, 9.17) is 4.52 Å². The first-order chi connectivity index (χ1) is 9.81. The Morgan fingerprint density at radius 2 is 2.15 bits per heavy atom. The third-order valence-electron chi connectivity index (χ3n) is 3.27. The topological polar surface area (TPSA) is 51.0 Å². The van der Waals surface area contributed by atoms with E-state index < -0.39 is 0 Å². The highest BCUT2D eigenvalue weighted by Gasteiger charge is 2.20. The number of nitrogens with one attached hydrogen (secondary N) is 1. The molecule has 4 nitrogen and oxygen atoms in total. The highest BCUT2D eigenvalue weighted by atomic mass is 79.9. The van der Waals surface area contributed by atoms with Gasteiger partial charge in [0.2, 0.25) is 5.89 Å². The molecule has 2 heterocycles. The summed E-state index contributed by atoms with van der Waals surface area (Å²) < 4.78 is 6.46. The van der Waals surface area contributed by atoms with Crippen molar-refractivity contribution in [1.29, 1.82) is 0 Å². The van der Waals surface area contributed by atoms with Crippen molar-refractivity contribution in [2.24, 2.45) is 0 Å². The van der Waals surface area contributed by atoms with E-state index in [-0.39, 0.29) is 6.04 Å². The van der Waals surface area contributed by atoms with Gasteiger partial charge in [0.15, 0.2) is 5.82 Å². The Kier molecular flexibility index (Phi) is 4.75. The molecule has 1 aliphatic heterocycles. The predicted octanol–water partition coefficient (Wildman–Crippen LogP) is 3.94. The fourth-order valence-electron chi connectivity index (χ4n) is 2.21. The maximum atomic E-state index is 5.37. The van der Waals surface area contributed by atoms with Gasteiger partial charge >= 0.3 is 0 Å². The van der Waals surface area contributed by atoms with Crippen LogP contribution in [0.5, 0.6) is 0 Å². The average molecular weight is 354 g/mol. The van der Waals surface area contributed by atoms with Gasteiger partial charge in [-0.3, -0.25) is 0 Å².